The number of piperazine rings is 1. The smallest absolute Gasteiger partial charge is 0.247 e. The lowest BCUT2D eigenvalue weighted by molar-refractivity contribution is -0.148. The van der Waals surface area contributed by atoms with Gasteiger partial charge in [0.1, 0.15) is 10.5 Å². The molecule has 1 aromatic heterocycles. The van der Waals surface area contributed by atoms with Crippen molar-refractivity contribution >= 4 is 39.4 Å². The number of nitrogens with zero attached hydrogens (tertiary/aromatic N) is 2. The number of fused-ring (bicyclic) bond motifs is 1. The van der Waals surface area contributed by atoms with E-state index in [1.807, 2.05) is 24.3 Å². The molecule has 4 rings (SSSR count). The molecule has 124 valence electrons. The molecule has 2 heterocycles. The Hall–Kier alpha value is -2.21. The average molecular weight is 341 g/mol. The molecule has 5 nitrogen and oxygen atoms in total. The maximum Gasteiger partial charge on any atom is 0.247 e. The van der Waals surface area contributed by atoms with Crippen LogP contribution in [0, 0.1) is 0 Å². The highest BCUT2D eigenvalue weighted by Crippen LogP contribution is 2.37. The lowest BCUT2D eigenvalue weighted by atomic mass is 9.91. The third kappa shape index (κ3) is 2.51. The number of carbonyl (C=O) groups is 2. The lowest BCUT2D eigenvalue weighted by Crippen LogP contribution is -2.64. The van der Waals surface area contributed by atoms with Gasteiger partial charge in [-0.25, -0.2) is 4.98 Å². The van der Waals surface area contributed by atoms with Gasteiger partial charge in [-0.2, -0.15) is 0 Å². The molecule has 1 N–H and O–H groups in total. The number of thiazole rings is 1. The largest absolute Gasteiger partial charge is 0.352 e. The summed E-state index contributed by atoms with van der Waals surface area (Å²) in [4.78, 5) is 31.4. The van der Waals surface area contributed by atoms with Gasteiger partial charge in [-0.3, -0.25) is 9.59 Å². The Bertz CT molecular complexity index is 788. The molecule has 1 saturated carbocycles. The van der Waals surface area contributed by atoms with Gasteiger partial charge in [-0.05, 0) is 31.1 Å². The highest BCUT2D eigenvalue weighted by atomic mass is 32.1. The summed E-state index contributed by atoms with van der Waals surface area (Å²) in [5, 5.41) is 3.74. The van der Waals surface area contributed by atoms with Crippen LogP contribution in [-0.2, 0) is 9.59 Å². The second kappa shape index (κ2) is 6.02. The summed E-state index contributed by atoms with van der Waals surface area (Å²) in [5.41, 5.74) is 0.312. The summed E-state index contributed by atoms with van der Waals surface area (Å²) in [7, 11) is 0. The van der Waals surface area contributed by atoms with Crippen LogP contribution in [0.25, 0.3) is 16.3 Å². The van der Waals surface area contributed by atoms with Gasteiger partial charge < -0.3 is 10.2 Å². The van der Waals surface area contributed by atoms with E-state index in [2.05, 4.69) is 10.3 Å². The molecule has 1 aliphatic carbocycles. The summed E-state index contributed by atoms with van der Waals surface area (Å²) in [6, 6.07) is 7.92. The highest BCUT2D eigenvalue weighted by Gasteiger charge is 2.49. The minimum absolute atomic E-state index is 0.00740. The zero-order valence-corrected chi connectivity index (χ0v) is 14.1. The summed E-state index contributed by atoms with van der Waals surface area (Å²) in [5.74, 6) is -0.0843. The van der Waals surface area contributed by atoms with Crippen molar-refractivity contribution in [2.24, 2.45) is 0 Å². The number of rotatable bonds is 2. The van der Waals surface area contributed by atoms with E-state index < -0.39 is 5.54 Å². The van der Waals surface area contributed by atoms with E-state index >= 15 is 0 Å². The maximum atomic E-state index is 12.7. The molecule has 24 heavy (non-hydrogen) atoms. The van der Waals surface area contributed by atoms with Crippen LogP contribution < -0.4 is 5.32 Å². The minimum atomic E-state index is -0.632. The van der Waals surface area contributed by atoms with E-state index in [0.29, 0.717) is 13.1 Å². The van der Waals surface area contributed by atoms with Crippen LogP contribution in [0.1, 0.15) is 30.7 Å². The van der Waals surface area contributed by atoms with Crippen LogP contribution >= 0.6 is 11.3 Å². The van der Waals surface area contributed by atoms with Crippen molar-refractivity contribution < 1.29 is 9.59 Å². The van der Waals surface area contributed by atoms with Crippen molar-refractivity contribution in [1.29, 1.82) is 0 Å². The molecule has 2 amide bonds. The first-order chi connectivity index (χ1) is 11.7. The topological polar surface area (TPSA) is 62.3 Å². The zero-order chi connectivity index (χ0) is 16.6. The van der Waals surface area contributed by atoms with Crippen LogP contribution in [0.4, 0.5) is 0 Å². The molecule has 0 radical (unpaired) electrons. The molecule has 2 fully saturated rings. The Morgan fingerprint density at radius 3 is 2.88 bits per heavy atom. The van der Waals surface area contributed by atoms with Crippen LogP contribution in [0.5, 0.6) is 0 Å². The minimum Gasteiger partial charge on any atom is -0.352 e. The van der Waals surface area contributed by atoms with E-state index in [0.717, 1.165) is 40.9 Å². The van der Waals surface area contributed by atoms with E-state index in [9.17, 15) is 9.59 Å². The monoisotopic (exact) mass is 341 g/mol. The van der Waals surface area contributed by atoms with Crippen molar-refractivity contribution in [2.75, 3.05) is 13.1 Å². The molecule has 1 aromatic carbocycles. The molecule has 1 spiro atoms. The molecule has 0 bridgehead atoms. The second-order valence-electron chi connectivity index (χ2n) is 6.34. The summed E-state index contributed by atoms with van der Waals surface area (Å²) in [6.07, 6.45) is 6.86. The Labute approximate surface area is 144 Å². The maximum absolute atomic E-state index is 12.7. The van der Waals surface area contributed by atoms with Gasteiger partial charge in [-0.15, -0.1) is 11.3 Å². The van der Waals surface area contributed by atoms with E-state index in [1.165, 1.54) is 0 Å². The molecule has 1 aliphatic heterocycles. The van der Waals surface area contributed by atoms with Gasteiger partial charge in [-0.1, -0.05) is 25.0 Å². The molecular formula is C18H19N3O2S. The second-order valence-corrected chi connectivity index (χ2v) is 7.40. The SMILES string of the molecule is O=C(/C=C/c1nc2ccccc2s1)N1CCNC(=O)C12CCCC2. The Kier molecular flexibility index (Phi) is 3.84. The quantitative estimate of drug-likeness (QED) is 0.854. The van der Waals surface area contributed by atoms with Crippen molar-refractivity contribution in [1.82, 2.24) is 15.2 Å². The van der Waals surface area contributed by atoms with Crippen LogP contribution in [-0.4, -0.2) is 40.3 Å². The fourth-order valence-electron chi connectivity index (χ4n) is 3.75. The third-order valence-electron chi connectivity index (χ3n) is 4.94. The van der Waals surface area contributed by atoms with Crippen molar-refractivity contribution in [3.05, 3.63) is 35.3 Å². The molecule has 6 heteroatoms. The van der Waals surface area contributed by atoms with Crippen LogP contribution in [0.15, 0.2) is 30.3 Å². The van der Waals surface area contributed by atoms with Crippen LogP contribution in [0.3, 0.4) is 0 Å². The number of hydrogen-bond donors (Lipinski definition) is 1. The van der Waals surface area contributed by atoms with Crippen molar-refractivity contribution in [3.8, 4) is 0 Å². The molecule has 0 atom stereocenters. The number of aromatic nitrogens is 1. The first kappa shape index (κ1) is 15.3. The third-order valence-corrected chi connectivity index (χ3v) is 5.94. The molecule has 0 unspecified atom stereocenters. The summed E-state index contributed by atoms with van der Waals surface area (Å²) < 4.78 is 1.11. The van der Waals surface area contributed by atoms with Gasteiger partial charge >= 0.3 is 0 Å². The standard InChI is InChI=1S/C18H19N3O2S/c22-16(8-7-15-20-13-5-1-2-6-14(13)24-15)21-12-11-19-17(23)18(21)9-3-4-10-18/h1-2,5-8H,3-4,9-12H2,(H,19,23)/b8-7+. The number of nitrogens with one attached hydrogen (secondary N) is 1. The molecule has 2 aliphatic rings. The number of para-hydroxylation sites is 1. The van der Waals surface area contributed by atoms with Crippen molar-refractivity contribution in [2.45, 2.75) is 31.2 Å². The van der Waals surface area contributed by atoms with Crippen LogP contribution in [0.2, 0.25) is 0 Å². The van der Waals surface area contributed by atoms with Crippen molar-refractivity contribution in [3.63, 3.8) is 0 Å². The Morgan fingerprint density at radius 1 is 1.29 bits per heavy atom. The molecular weight excluding hydrogens is 322 g/mol. The van der Waals surface area contributed by atoms with Gasteiger partial charge in [0.05, 0.1) is 10.2 Å². The normalized spacial score (nSPS) is 20.2. The fraction of sp³-hybridized carbons (Fsp3) is 0.389. The average Bonchev–Trinajstić information content (AvgIpc) is 3.22. The summed E-state index contributed by atoms with van der Waals surface area (Å²) in [6.45, 7) is 1.11. The van der Waals surface area contributed by atoms with E-state index in [1.54, 1.807) is 28.4 Å². The molecule has 1 saturated heterocycles. The predicted molar refractivity (Wildman–Crippen MR) is 94.6 cm³/mol. The van der Waals surface area contributed by atoms with E-state index in [4.69, 9.17) is 0 Å². The van der Waals surface area contributed by atoms with Gasteiger partial charge in [0, 0.05) is 19.2 Å². The van der Waals surface area contributed by atoms with Gasteiger partial charge in [0.25, 0.3) is 0 Å². The summed E-state index contributed by atoms with van der Waals surface area (Å²) >= 11 is 1.56. The number of benzene rings is 1. The first-order valence-electron chi connectivity index (χ1n) is 8.33. The molecule has 2 aromatic rings. The Balaban J connectivity index is 1.57. The fourth-order valence-corrected chi connectivity index (χ4v) is 4.62. The van der Waals surface area contributed by atoms with Gasteiger partial charge in [0.15, 0.2) is 0 Å². The first-order valence-corrected chi connectivity index (χ1v) is 9.14. The number of carbonyl (C=O) groups excluding carboxylic acids is 2. The predicted octanol–water partition coefficient (Wildman–Crippen LogP) is 2.58. The zero-order valence-electron chi connectivity index (χ0n) is 13.3. The van der Waals surface area contributed by atoms with Gasteiger partial charge in [0.2, 0.25) is 11.8 Å². The van der Waals surface area contributed by atoms with E-state index in [-0.39, 0.29) is 11.8 Å². The lowest BCUT2D eigenvalue weighted by Gasteiger charge is -2.43. The number of amides is 2. The Morgan fingerprint density at radius 2 is 2.08 bits per heavy atom. The number of hydrogen-bond acceptors (Lipinski definition) is 4. The highest BCUT2D eigenvalue weighted by molar-refractivity contribution is 7.19.